The largest absolute Gasteiger partial charge is 0.383 e. The Morgan fingerprint density at radius 3 is 2.77 bits per heavy atom. The Balaban J connectivity index is 1.47. The fourth-order valence-electron chi connectivity index (χ4n) is 4.92. The number of rotatable bonds is 3. The molecule has 0 radical (unpaired) electrons. The van der Waals surface area contributed by atoms with Crippen LogP contribution in [0.3, 0.4) is 0 Å². The Kier molecular flexibility index (Phi) is 4.49. The number of carbonyl (C=O) groups is 1. The van der Waals surface area contributed by atoms with Crippen LogP contribution >= 0.6 is 0 Å². The molecule has 1 fully saturated rings. The lowest BCUT2D eigenvalue weighted by molar-refractivity contribution is 0.206. The first-order valence-electron chi connectivity index (χ1n) is 10.8. The maximum atomic E-state index is 12.3. The van der Waals surface area contributed by atoms with E-state index in [1.165, 1.54) is 5.69 Å². The number of aryl methyl sites for hydroxylation is 2. The van der Waals surface area contributed by atoms with E-state index in [2.05, 4.69) is 26.1 Å². The standard InChI is InChI=1S/C22H28N8O/c1-4-24-21(31)29-7-5-22(13-29)6-8-30-19(22)10-18(27-30)15-9-16(20(23)25-11-15)17-12-26-28(3)14(17)2/h9-12H,4-8,13H2,1-3H3,(H2,23,25)(H,24,31)/t22-/m1/s1. The fourth-order valence-corrected chi connectivity index (χ4v) is 4.92. The molecule has 5 heterocycles. The van der Waals surface area contributed by atoms with Crippen molar-refractivity contribution in [3.8, 4) is 22.4 Å². The maximum absolute atomic E-state index is 12.3. The van der Waals surface area contributed by atoms with Crippen molar-refractivity contribution in [2.24, 2.45) is 7.05 Å². The number of hydrogen-bond acceptors (Lipinski definition) is 5. The van der Waals surface area contributed by atoms with Crippen LogP contribution in [0.4, 0.5) is 10.6 Å². The highest BCUT2D eigenvalue weighted by Crippen LogP contribution is 2.44. The zero-order valence-electron chi connectivity index (χ0n) is 18.2. The van der Waals surface area contributed by atoms with Crippen molar-refractivity contribution >= 4 is 11.8 Å². The summed E-state index contributed by atoms with van der Waals surface area (Å²) >= 11 is 0. The molecule has 1 spiro atoms. The van der Waals surface area contributed by atoms with E-state index in [1.807, 2.05) is 42.7 Å². The molecule has 9 heteroatoms. The van der Waals surface area contributed by atoms with E-state index in [9.17, 15) is 4.79 Å². The van der Waals surface area contributed by atoms with Gasteiger partial charge in [-0.05, 0) is 38.8 Å². The van der Waals surface area contributed by atoms with Gasteiger partial charge in [-0.25, -0.2) is 9.78 Å². The summed E-state index contributed by atoms with van der Waals surface area (Å²) in [7, 11) is 1.91. The fraction of sp³-hybridized carbons (Fsp3) is 0.455. The van der Waals surface area contributed by atoms with Crippen molar-refractivity contribution in [3.63, 3.8) is 0 Å². The van der Waals surface area contributed by atoms with Crippen molar-refractivity contribution in [1.29, 1.82) is 0 Å². The molecule has 0 aromatic carbocycles. The molecular formula is C22H28N8O. The third-order valence-corrected chi connectivity index (χ3v) is 6.83. The van der Waals surface area contributed by atoms with Gasteiger partial charge in [0, 0.05) is 72.9 Å². The summed E-state index contributed by atoms with van der Waals surface area (Å²) < 4.78 is 3.93. The number of likely N-dealkylation sites (tertiary alicyclic amines) is 1. The highest BCUT2D eigenvalue weighted by atomic mass is 16.2. The van der Waals surface area contributed by atoms with E-state index >= 15 is 0 Å². The van der Waals surface area contributed by atoms with Gasteiger partial charge in [0.25, 0.3) is 0 Å². The normalized spacial score (nSPS) is 19.9. The second-order valence-corrected chi connectivity index (χ2v) is 8.60. The predicted molar refractivity (Wildman–Crippen MR) is 118 cm³/mol. The molecule has 31 heavy (non-hydrogen) atoms. The highest BCUT2D eigenvalue weighted by Gasteiger charge is 2.46. The van der Waals surface area contributed by atoms with Crippen LogP contribution in [0, 0.1) is 6.92 Å². The van der Waals surface area contributed by atoms with Crippen LogP contribution in [0.1, 0.15) is 31.2 Å². The average Bonchev–Trinajstić information content (AvgIpc) is 3.51. The molecule has 0 saturated carbocycles. The van der Waals surface area contributed by atoms with Crippen LogP contribution in [-0.4, -0.2) is 55.1 Å². The average molecular weight is 421 g/mol. The lowest BCUT2D eigenvalue weighted by Gasteiger charge is -2.23. The summed E-state index contributed by atoms with van der Waals surface area (Å²) in [4.78, 5) is 18.7. The van der Waals surface area contributed by atoms with Crippen LogP contribution in [0.25, 0.3) is 22.4 Å². The van der Waals surface area contributed by atoms with Gasteiger partial charge in [0.2, 0.25) is 0 Å². The lowest BCUT2D eigenvalue weighted by Crippen LogP contribution is -2.40. The number of nitrogens with one attached hydrogen (secondary N) is 1. The van der Waals surface area contributed by atoms with E-state index in [0.717, 1.165) is 60.6 Å². The number of nitrogens with two attached hydrogens (primary N) is 1. The van der Waals surface area contributed by atoms with Crippen molar-refractivity contribution < 1.29 is 4.79 Å². The number of amides is 2. The third kappa shape index (κ3) is 3.07. The smallest absolute Gasteiger partial charge is 0.317 e. The van der Waals surface area contributed by atoms with Crippen molar-refractivity contribution in [2.45, 2.75) is 38.6 Å². The number of aromatic nitrogens is 5. The van der Waals surface area contributed by atoms with E-state index in [-0.39, 0.29) is 11.4 Å². The van der Waals surface area contributed by atoms with Crippen LogP contribution in [0.15, 0.2) is 24.5 Å². The molecule has 9 nitrogen and oxygen atoms in total. The highest BCUT2D eigenvalue weighted by molar-refractivity contribution is 5.79. The first kappa shape index (κ1) is 19.6. The molecule has 0 unspecified atom stereocenters. The van der Waals surface area contributed by atoms with E-state index in [1.54, 1.807) is 6.20 Å². The molecule has 0 aliphatic carbocycles. The molecule has 162 valence electrons. The Hall–Kier alpha value is -3.36. The van der Waals surface area contributed by atoms with Gasteiger partial charge in [-0.1, -0.05) is 0 Å². The number of fused-ring (bicyclic) bond motifs is 2. The van der Waals surface area contributed by atoms with Crippen molar-refractivity contribution in [2.75, 3.05) is 25.4 Å². The first-order chi connectivity index (χ1) is 14.9. The van der Waals surface area contributed by atoms with Gasteiger partial charge in [-0.3, -0.25) is 9.36 Å². The molecular weight excluding hydrogens is 392 g/mol. The lowest BCUT2D eigenvalue weighted by atomic mass is 9.82. The van der Waals surface area contributed by atoms with Crippen LogP contribution in [0.5, 0.6) is 0 Å². The quantitative estimate of drug-likeness (QED) is 0.676. The van der Waals surface area contributed by atoms with Gasteiger partial charge >= 0.3 is 6.03 Å². The number of hydrogen-bond donors (Lipinski definition) is 2. The minimum atomic E-state index is -0.0136. The van der Waals surface area contributed by atoms with E-state index in [0.29, 0.717) is 12.4 Å². The molecule has 1 atom stereocenters. The molecule has 1 saturated heterocycles. The van der Waals surface area contributed by atoms with Crippen molar-refractivity contribution in [1.82, 2.24) is 34.8 Å². The number of urea groups is 1. The van der Waals surface area contributed by atoms with Gasteiger partial charge in [-0.2, -0.15) is 10.2 Å². The number of anilines is 1. The van der Waals surface area contributed by atoms with Gasteiger partial charge in [0.05, 0.1) is 11.9 Å². The molecule has 2 amide bonds. The second-order valence-electron chi connectivity index (χ2n) is 8.60. The van der Waals surface area contributed by atoms with Gasteiger partial charge in [0.1, 0.15) is 5.82 Å². The maximum Gasteiger partial charge on any atom is 0.317 e. The Bertz CT molecular complexity index is 1160. The first-order valence-corrected chi connectivity index (χ1v) is 10.8. The van der Waals surface area contributed by atoms with Crippen LogP contribution in [-0.2, 0) is 19.0 Å². The number of nitrogen functional groups attached to an aromatic ring is 1. The Morgan fingerprint density at radius 1 is 1.23 bits per heavy atom. The molecule has 3 aromatic rings. The topological polar surface area (TPSA) is 107 Å². The molecule has 2 aliphatic heterocycles. The number of nitrogens with zero attached hydrogens (tertiary/aromatic N) is 6. The Labute approximate surface area is 181 Å². The van der Waals surface area contributed by atoms with Gasteiger partial charge < -0.3 is 16.0 Å². The molecule has 0 bridgehead atoms. The van der Waals surface area contributed by atoms with Crippen LogP contribution in [0.2, 0.25) is 0 Å². The predicted octanol–water partition coefficient (Wildman–Crippen LogP) is 2.31. The second kappa shape index (κ2) is 7.11. The summed E-state index contributed by atoms with van der Waals surface area (Å²) in [5, 5.41) is 12.1. The zero-order valence-corrected chi connectivity index (χ0v) is 18.2. The third-order valence-electron chi connectivity index (χ3n) is 6.83. The SMILES string of the molecule is CCNC(=O)N1CC[C@@]2(CCn3nc(-c4cnc(N)c(-c5cnn(C)c5C)c4)cc32)C1. The van der Waals surface area contributed by atoms with E-state index < -0.39 is 0 Å². The van der Waals surface area contributed by atoms with Gasteiger partial charge in [0.15, 0.2) is 0 Å². The van der Waals surface area contributed by atoms with E-state index in [4.69, 9.17) is 10.8 Å². The van der Waals surface area contributed by atoms with Crippen molar-refractivity contribution in [3.05, 3.63) is 35.9 Å². The summed E-state index contributed by atoms with van der Waals surface area (Å²) in [6, 6.07) is 4.24. The Morgan fingerprint density at radius 2 is 2.03 bits per heavy atom. The number of carbonyl (C=O) groups excluding carboxylic acids is 1. The minimum Gasteiger partial charge on any atom is -0.383 e. The summed E-state index contributed by atoms with van der Waals surface area (Å²) in [5.74, 6) is 0.483. The zero-order chi connectivity index (χ0) is 21.8. The number of pyridine rings is 1. The molecule has 2 aliphatic rings. The minimum absolute atomic E-state index is 0.0136. The summed E-state index contributed by atoms with van der Waals surface area (Å²) in [6.07, 6.45) is 5.59. The molecule has 3 N–H and O–H groups in total. The van der Waals surface area contributed by atoms with Gasteiger partial charge in [-0.15, -0.1) is 0 Å². The summed E-state index contributed by atoms with van der Waals surface area (Å²) in [6.45, 7) is 7.00. The summed E-state index contributed by atoms with van der Waals surface area (Å²) in [5.41, 5.74) is 12.1. The van der Waals surface area contributed by atoms with Crippen LogP contribution < -0.4 is 11.1 Å². The molecule has 5 rings (SSSR count). The monoisotopic (exact) mass is 420 g/mol. The molecule has 3 aromatic heterocycles.